The molecular weight excluding hydrogens is 367 g/mol. The lowest BCUT2D eigenvalue weighted by atomic mass is 9.96. The summed E-state index contributed by atoms with van der Waals surface area (Å²) in [4.78, 5) is 11.8. The molecule has 2 aromatic rings. The first-order valence-electron chi connectivity index (χ1n) is 10.9. The van der Waals surface area contributed by atoms with E-state index >= 15 is 0 Å². The van der Waals surface area contributed by atoms with Crippen LogP contribution in [-0.4, -0.2) is 54.5 Å². The van der Waals surface area contributed by atoms with Crippen LogP contribution < -0.4 is 14.7 Å². The summed E-state index contributed by atoms with van der Waals surface area (Å²) in [5.74, 6) is 0.855. The number of aliphatic hydroxyl groups excluding tert-OH is 1. The lowest BCUT2D eigenvalue weighted by molar-refractivity contribution is 0.154. The molecule has 0 bridgehead atoms. The smallest absolute Gasteiger partial charge is 0.130 e. The fourth-order valence-electron chi connectivity index (χ4n) is 5.40. The van der Waals surface area contributed by atoms with Crippen molar-refractivity contribution in [3.05, 3.63) is 48.4 Å². The van der Waals surface area contributed by atoms with E-state index in [0.29, 0.717) is 18.6 Å². The van der Waals surface area contributed by atoms with Crippen molar-refractivity contribution in [3.63, 3.8) is 0 Å². The van der Waals surface area contributed by atoms with Crippen LogP contribution in [-0.2, 0) is 0 Å². The molecule has 0 amide bonds. The summed E-state index contributed by atoms with van der Waals surface area (Å²) in [6.45, 7) is 3.64. The quantitative estimate of drug-likeness (QED) is 0.861. The number of piperidine rings is 2. The topological polar surface area (TPSA) is 42.8 Å². The Labute approximate surface area is 171 Å². The van der Waals surface area contributed by atoms with Crippen molar-refractivity contribution < 1.29 is 9.50 Å². The Morgan fingerprint density at radius 3 is 2.62 bits per heavy atom. The number of hydrogen-bond donors (Lipinski definition) is 1. The van der Waals surface area contributed by atoms with Crippen LogP contribution in [0.2, 0.25) is 0 Å². The van der Waals surface area contributed by atoms with Crippen LogP contribution in [0.5, 0.6) is 0 Å². The van der Waals surface area contributed by atoms with Gasteiger partial charge in [0.2, 0.25) is 0 Å². The first-order chi connectivity index (χ1) is 14.2. The summed E-state index contributed by atoms with van der Waals surface area (Å²) in [6.07, 6.45) is 6.88. The van der Waals surface area contributed by atoms with Crippen LogP contribution in [0.15, 0.2) is 42.6 Å². The maximum absolute atomic E-state index is 13.8. The van der Waals surface area contributed by atoms with Gasteiger partial charge in [-0.2, -0.15) is 0 Å². The van der Waals surface area contributed by atoms with Crippen molar-refractivity contribution in [2.75, 3.05) is 40.9 Å². The fraction of sp³-hybridized carbons (Fsp3) is 0.522. The van der Waals surface area contributed by atoms with Gasteiger partial charge in [0.25, 0.3) is 0 Å². The maximum Gasteiger partial charge on any atom is 0.130 e. The molecule has 3 fully saturated rings. The minimum Gasteiger partial charge on any atom is -0.391 e. The number of hydrogen-bond acceptors (Lipinski definition) is 5. The summed E-state index contributed by atoms with van der Waals surface area (Å²) < 4.78 is 13.8. The van der Waals surface area contributed by atoms with Gasteiger partial charge in [0.1, 0.15) is 11.6 Å². The highest BCUT2D eigenvalue weighted by Crippen LogP contribution is 2.37. The Balaban J connectivity index is 1.37. The van der Waals surface area contributed by atoms with E-state index in [2.05, 4.69) is 26.8 Å². The molecule has 0 saturated carbocycles. The molecule has 5 nitrogen and oxygen atoms in total. The molecule has 3 aliphatic heterocycles. The van der Waals surface area contributed by atoms with Gasteiger partial charge in [-0.05, 0) is 56.4 Å². The Kier molecular flexibility index (Phi) is 5.04. The van der Waals surface area contributed by atoms with E-state index < -0.39 is 0 Å². The number of pyridine rings is 1. The van der Waals surface area contributed by atoms with Crippen molar-refractivity contribution >= 4 is 17.2 Å². The molecule has 0 spiro atoms. The van der Waals surface area contributed by atoms with Crippen molar-refractivity contribution in [1.82, 2.24) is 4.98 Å². The molecule has 6 heteroatoms. The summed E-state index contributed by atoms with van der Waals surface area (Å²) >= 11 is 0. The molecule has 1 unspecified atom stereocenters. The van der Waals surface area contributed by atoms with E-state index in [0.717, 1.165) is 68.9 Å². The first-order valence-corrected chi connectivity index (χ1v) is 10.9. The molecule has 0 radical (unpaired) electrons. The molecule has 154 valence electrons. The van der Waals surface area contributed by atoms with E-state index in [-0.39, 0.29) is 11.9 Å². The van der Waals surface area contributed by atoms with Gasteiger partial charge in [-0.15, -0.1) is 0 Å². The third-order valence-corrected chi connectivity index (χ3v) is 6.73. The van der Waals surface area contributed by atoms with Gasteiger partial charge < -0.3 is 19.8 Å². The highest BCUT2D eigenvalue weighted by atomic mass is 19.1. The average Bonchev–Trinajstić information content (AvgIpc) is 3.18. The third kappa shape index (κ3) is 3.66. The van der Waals surface area contributed by atoms with Crippen molar-refractivity contribution in [2.24, 2.45) is 0 Å². The maximum atomic E-state index is 13.8. The molecule has 3 atom stereocenters. The Morgan fingerprint density at radius 2 is 1.76 bits per heavy atom. The highest BCUT2D eigenvalue weighted by molar-refractivity contribution is 5.58. The van der Waals surface area contributed by atoms with Crippen molar-refractivity contribution in [2.45, 2.75) is 50.3 Å². The van der Waals surface area contributed by atoms with Crippen LogP contribution in [0, 0.1) is 5.82 Å². The standard InChI is InChI=1S/C23H29FN4O/c24-17-4-1-5-19(14-17)27-12-3-7-21-22(27)9-13-28(21)23-15-18(8-10-25-23)26-11-2-6-20(29)16-26/h1,4-5,8,10,14-15,20-22,29H,2-3,6-7,9,11-13,16H2/t20-,21+,22?/m0/s1. The zero-order chi connectivity index (χ0) is 19.8. The van der Waals surface area contributed by atoms with Crippen LogP contribution in [0.25, 0.3) is 0 Å². The Morgan fingerprint density at radius 1 is 0.897 bits per heavy atom. The second kappa shape index (κ2) is 7.82. The molecule has 3 aliphatic rings. The van der Waals surface area contributed by atoms with E-state index in [1.54, 1.807) is 12.1 Å². The molecule has 0 aliphatic carbocycles. The lowest BCUT2D eigenvalue weighted by Gasteiger charge is -2.41. The number of β-amino-alcohol motifs (C(OH)–C–C–N with tert-alkyl or cyclic N) is 1. The van der Waals surface area contributed by atoms with Gasteiger partial charge in [-0.3, -0.25) is 0 Å². The molecule has 3 saturated heterocycles. The van der Waals surface area contributed by atoms with E-state index in [1.807, 2.05) is 12.3 Å². The second-order valence-corrected chi connectivity index (χ2v) is 8.55. The second-order valence-electron chi connectivity index (χ2n) is 8.55. The molecule has 29 heavy (non-hydrogen) atoms. The number of anilines is 3. The van der Waals surface area contributed by atoms with Gasteiger partial charge in [0.15, 0.2) is 0 Å². The number of benzene rings is 1. The molecule has 5 rings (SSSR count). The number of rotatable bonds is 3. The molecular formula is C23H29FN4O. The first kappa shape index (κ1) is 18.7. The number of halogens is 1. The van der Waals surface area contributed by atoms with Gasteiger partial charge in [0.05, 0.1) is 18.2 Å². The minimum absolute atomic E-state index is 0.169. The van der Waals surface area contributed by atoms with Gasteiger partial charge in [-0.1, -0.05) is 6.07 Å². The molecule has 4 heterocycles. The summed E-state index contributed by atoms with van der Waals surface area (Å²) in [5, 5.41) is 10.0. The number of aromatic nitrogens is 1. The van der Waals surface area contributed by atoms with E-state index in [1.165, 1.54) is 6.07 Å². The molecule has 1 N–H and O–H groups in total. The van der Waals surface area contributed by atoms with Crippen molar-refractivity contribution in [3.8, 4) is 0 Å². The van der Waals surface area contributed by atoms with Gasteiger partial charge in [-0.25, -0.2) is 9.37 Å². The van der Waals surface area contributed by atoms with Crippen LogP contribution in [0.4, 0.5) is 21.6 Å². The number of nitrogens with zero attached hydrogens (tertiary/aromatic N) is 4. The zero-order valence-corrected chi connectivity index (χ0v) is 16.8. The highest BCUT2D eigenvalue weighted by Gasteiger charge is 2.41. The van der Waals surface area contributed by atoms with Crippen LogP contribution in [0.3, 0.4) is 0 Å². The number of fused-ring (bicyclic) bond motifs is 1. The fourth-order valence-corrected chi connectivity index (χ4v) is 5.40. The van der Waals surface area contributed by atoms with E-state index in [4.69, 9.17) is 4.98 Å². The minimum atomic E-state index is -0.241. The average molecular weight is 397 g/mol. The number of aliphatic hydroxyl groups is 1. The van der Waals surface area contributed by atoms with Crippen LogP contribution in [0.1, 0.15) is 32.1 Å². The molecule has 1 aromatic carbocycles. The Hall–Kier alpha value is -2.34. The zero-order valence-electron chi connectivity index (χ0n) is 16.8. The molecule has 1 aromatic heterocycles. The van der Waals surface area contributed by atoms with E-state index in [9.17, 15) is 9.50 Å². The van der Waals surface area contributed by atoms with Crippen molar-refractivity contribution in [1.29, 1.82) is 0 Å². The predicted molar refractivity (Wildman–Crippen MR) is 114 cm³/mol. The summed E-state index contributed by atoms with van der Waals surface area (Å²) in [5.41, 5.74) is 2.14. The lowest BCUT2D eigenvalue weighted by Crippen LogP contribution is -2.50. The summed E-state index contributed by atoms with van der Waals surface area (Å²) in [7, 11) is 0. The monoisotopic (exact) mass is 396 g/mol. The SMILES string of the molecule is O[C@H]1CCCN(c2ccnc(N3CCC4[C@H]3CCCN4c3cccc(F)c3)c2)C1. The predicted octanol–water partition coefficient (Wildman–Crippen LogP) is 3.43. The largest absolute Gasteiger partial charge is 0.391 e. The summed E-state index contributed by atoms with van der Waals surface area (Å²) in [6, 6.07) is 12.0. The van der Waals surface area contributed by atoms with Gasteiger partial charge in [0, 0.05) is 49.8 Å². The third-order valence-electron chi connectivity index (χ3n) is 6.73. The van der Waals surface area contributed by atoms with Crippen LogP contribution >= 0.6 is 0 Å². The Bertz CT molecular complexity index is 862. The normalized spacial score (nSPS) is 27.2. The van der Waals surface area contributed by atoms with Gasteiger partial charge >= 0.3 is 0 Å².